The van der Waals surface area contributed by atoms with Crippen LogP contribution in [0.2, 0.25) is 0 Å². The van der Waals surface area contributed by atoms with Crippen molar-refractivity contribution in [1.29, 1.82) is 0 Å². The van der Waals surface area contributed by atoms with Crippen LogP contribution in [0, 0.1) is 13.8 Å². The third kappa shape index (κ3) is 3.86. The second-order valence-corrected chi connectivity index (χ2v) is 5.96. The van der Waals surface area contributed by atoms with Crippen LogP contribution in [0.15, 0.2) is 6.07 Å². The van der Waals surface area contributed by atoms with Gasteiger partial charge in [-0.05, 0) is 46.6 Å². The van der Waals surface area contributed by atoms with Gasteiger partial charge in [-0.1, -0.05) is 0 Å². The number of piperidine rings is 1. The topological polar surface area (TPSA) is 63.6 Å². The summed E-state index contributed by atoms with van der Waals surface area (Å²) >= 11 is 0. The van der Waals surface area contributed by atoms with Crippen molar-refractivity contribution in [3.63, 3.8) is 0 Å². The molecule has 1 aromatic rings. The van der Waals surface area contributed by atoms with Crippen LogP contribution in [0.4, 0.5) is 4.79 Å². The van der Waals surface area contributed by atoms with Crippen molar-refractivity contribution in [2.75, 3.05) is 19.7 Å². The van der Waals surface area contributed by atoms with Crippen LogP contribution in [-0.2, 0) is 11.3 Å². The molecule has 0 aromatic carbocycles. The summed E-state index contributed by atoms with van der Waals surface area (Å²) in [6, 6.07) is 2.06. The highest BCUT2D eigenvalue weighted by Crippen LogP contribution is 2.17. The number of nitrogens with one attached hydrogen (secondary N) is 1. The summed E-state index contributed by atoms with van der Waals surface area (Å²) < 4.78 is 7.15. The van der Waals surface area contributed by atoms with Crippen molar-refractivity contribution in [2.45, 2.75) is 53.1 Å². The molecule has 2 heterocycles. The van der Waals surface area contributed by atoms with E-state index < -0.39 is 0 Å². The molecule has 0 spiro atoms. The lowest BCUT2D eigenvalue weighted by molar-refractivity contribution is 0.0859. The van der Waals surface area contributed by atoms with E-state index >= 15 is 0 Å². The molecule has 0 bridgehead atoms. The molecule has 1 aliphatic heterocycles. The first-order chi connectivity index (χ1) is 11.0. The van der Waals surface area contributed by atoms with Gasteiger partial charge in [0.15, 0.2) is 0 Å². The van der Waals surface area contributed by atoms with Crippen LogP contribution in [0.5, 0.6) is 0 Å². The number of hydrogen-bond acceptors (Lipinski definition) is 3. The minimum Gasteiger partial charge on any atom is -0.450 e. The minimum absolute atomic E-state index is 0.0209. The van der Waals surface area contributed by atoms with E-state index in [1.54, 1.807) is 11.8 Å². The lowest BCUT2D eigenvalue weighted by atomic mass is 10.0. The Labute approximate surface area is 137 Å². The fourth-order valence-electron chi connectivity index (χ4n) is 3.20. The van der Waals surface area contributed by atoms with E-state index in [1.165, 1.54) is 0 Å². The maximum Gasteiger partial charge on any atom is 0.409 e. The highest BCUT2D eigenvalue weighted by molar-refractivity contribution is 5.95. The van der Waals surface area contributed by atoms with Crippen molar-refractivity contribution in [2.24, 2.45) is 0 Å². The molecule has 0 unspecified atom stereocenters. The molecular formula is C17H27N3O3. The third-order valence-electron chi connectivity index (χ3n) is 4.49. The Balaban J connectivity index is 1.91. The maximum atomic E-state index is 12.5. The van der Waals surface area contributed by atoms with Crippen LogP contribution in [-0.4, -0.2) is 47.2 Å². The summed E-state index contributed by atoms with van der Waals surface area (Å²) in [7, 11) is 0. The Morgan fingerprint density at radius 1 is 1.26 bits per heavy atom. The number of carbonyl (C=O) groups is 2. The van der Waals surface area contributed by atoms with Crippen LogP contribution in [0.25, 0.3) is 0 Å². The smallest absolute Gasteiger partial charge is 0.409 e. The van der Waals surface area contributed by atoms with Crippen molar-refractivity contribution >= 4 is 12.0 Å². The zero-order valence-corrected chi connectivity index (χ0v) is 14.5. The van der Waals surface area contributed by atoms with Gasteiger partial charge in [0.1, 0.15) is 0 Å². The number of carbonyl (C=O) groups excluding carboxylic acids is 2. The predicted molar refractivity (Wildman–Crippen MR) is 88.7 cm³/mol. The van der Waals surface area contributed by atoms with Gasteiger partial charge >= 0.3 is 6.09 Å². The van der Waals surface area contributed by atoms with E-state index in [4.69, 9.17) is 4.74 Å². The van der Waals surface area contributed by atoms with Gasteiger partial charge in [0.25, 0.3) is 5.91 Å². The number of aromatic nitrogens is 1. The van der Waals surface area contributed by atoms with Gasteiger partial charge in [0.05, 0.1) is 12.2 Å². The molecule has 1 N–H and O–H groups in total. The quantitative estimate of drug-likeness (QED) is 0.926. The number of ether oxygens (including phenoxy) is 1. The first kappa shape index (κ1) is 17.4. The average molecular weight is 321 g/mol. The van der Waals surface area contributed by atoms with E-state index in [0.717, 1.165) is 36.3 Å². The Morgan fingerprint density at radius 2 is 1.91 bits per heavy atom. The summed E-state index contributed by atoms with van der Waals surface area (Å²) in [6.45, 7) is 10.4. The number of hydrogen-bond donors (Lipinski definition) is 1. The number of amides is 2. The van der Waals surface area contributed by atoms with Gasteiger partial charge in [0.2, 0.25) is 0 Å². The Kier molecular flexibility index (Phi) is 5.69. The predicted octanol–water partition coefficient (Wildman–Crippen LogP) is 2.48. The molecule has 0 aliphatic carbocycles. The highest BCUT2D eigenvalue weighted by Gasteiger charge is 2.25. The van der Waals surface area contributed by atoms with Crippen LogP contribution in [0.1, 0.15) is 48.4 Å². The summed E-state index contributed by atoms with van der Waals surface area (Å²) in [4.78, 5) is 25.9. The van der Waals surface area contributed by atoms with E-state index in [1.807, 2.05) is 19.9 Å². The normalized spacial score (nSPS) is 15.6. The summed E-state index contributed by atoms with van der Waals surface area (Å²) in [5, 5.41) is 3.10. The molecule has 0 saturated carbocycles. The molecule has 1 fully saturated rings. The minimum atomic E-state index is -0.260. The molecule has 6 nitrogen and oxygen atoms in total. The van der Waals surface area contributed by atoms with Crippen molar-refractivity contribution in [3.8, 4) is 0 Å². The number of likely N-dealkylation sites (tertiary alicyclic amines) is 1. The third-order valence-corrected chi connectivity index (χ3v) is 4.49. The van der Waals surface area contributed by atoms with E-state index in [0.29, 0.717) is 19.7 Å². The molecule has 6 heteroatoms. The molecule has 0 atom stereocenters. The standard InChI is InChI=1S/C17H27N3O3/c1-5-20-12(3)11-15(13(20)4)16(21)18-14-7-9-19(10-8-14)17(22)23-6-2/h11,14H,5-10H2,1-4H3,(H,18,21). The largest absolute Gasteiger partial charge is 0.450 e. The fourth-order valence-corrected chi connectivity index (χ4v) is 3.20. The zero-order valence-electron chi connectivity index (χ0n) is 14.5. The van der Waals surface area contributed by atoms with Gasteiger partial charge in [0, 0.05) is 37.1 Å². The van der Waals surface area contributed by atoms with Gasteiger partial charge in [-0.15, -0.1) is 0 Å². The number of rotatable bonds is 4. The molecule has 2 amide bonds. The molecule has 1 aromatic heterocycles. The summed E-state index contributed by atoms with van der Waals surface area (Å²) in [5.74, 6) is -0.0209. The van der Waals surface area contributed by atoms with Crippen LogP contribution < -0.4 is 5.32 Å². The first-order valence-electron chi connectivity index (χ1n) is 8.37. The van der Waals surface area contributed by atoms with Crippen molar-refractivity contribution in [1.82, 2.24) is 14.8 Å². The number of nitrogens with zero attached hydrogens (tertiary/aromatic N) is 2. The van der Waals surface area contributed by atoms with Crippen LogP contribution >= 0.6 is 0 Å². The number of aryl methyl sites for hydroxylation is 1. The van der Waals surface area contributed by atoms with E-state index in [9.17, 15) is 9.59 Å². The van der Waals surface area contributed by atoms with Crippen molar-refractivity contribution < 1.29 is 14.3 Å². The molecule has 1 aliphatic rings. The van der Waals surface area contributed by atoms with Crippen molar-refractivity contribution in [3.05, 3.63) is 23.0 Å². The Hall–Kier alpha value is -1.98. The second-order valence-electron chi connectivity index (χ2n) is 5.96. The van der Waals surface area contributed by atoms with Gasteiger partial charge in [-0.25, -0.2) is 4.79 Å². The Morgan fingerprint density at radius 3 is 2.43 bits per heavy atom. The SMILES string of the molecule is CCOC(=O)N1CCC(NC(=O)c2cc(C)n(CC)c2C)CC1. The monoisotopic (exact) mass is 321 g/mol. The molecule has 2 rings (SSSR count). The molecule has 0 radical (unpaired) electrons. The lowest BCUT2D eigenvalue weighted by Crippen LogP contribution is -2.46. The molecule has 23 heavy (non-hydrogen) atoms. The average Bonchev–Trinajstić information content (AvgIpc) is 2.82. The lowest BCUT2D eigenvalue weighted by Gasteiger charge is -2.31. The van der Waals surface area contributed by atoms with Crippen LogP contribution in [0.3, 0.4) is 0 Å². The van der Waals surface area contributed by atoms with E-state index in [-0.39, 0.29) is 18.0 Å². The molecule has 1 saturated heterocycles. The first-order valence-corrected chi connectivity index (χ1v) is 8.37. The zero-order chi connectivity index (χ0) is 17.0. The molecular weight excluding hydrogens is 294 g/mol. The Bertz CT molecular complexity index is 572. The van der Waals surface area contributed by atoms with Gasteiger partial charge < -0.3 is 19.5 Å². The summed E-state index contributed by atoms with van der Waals surface area (Å²) in [6.07, 6.45) is 1.26. The van der Waals surface area contributed by atoms with Gasteiger partial charge in [-0.2, -0.15) is 0 Å². The van der Waals surface area contributed by atoms with E-state index in [2.05, 4.69) is 16.8 Å². The fraction of sp³-hybridized carbons (Fsp3) is 0.647. The highest BCUT2D eigenvalue weighted by atomic mass is 16.6. The summed E-state index contributed by atoms with van der Waals surface area (Å²) in [5.41, 5.74) is 2.86. The maximum absolute atomic E-state index is 12.5. The van der Waals surface area contributed by atoms with Gasteiger partial charge in [-0.3, -0.25) is 4.79 Å². The second kappa shape index (κ2) is 7.53. The molecule has 128 valence electrons.